The molecule has 0 unspecified atom stereocenters. The largest absolute Gasteiger partial charge is 0.601 e. The molecule has 0 fully saturated rings. The molecule has 1 aromatic carbocycles. The van der Waals surface area contributed by atoms with Crippen molar-refractivity contribution in [3.8, 4) is 17.0 Å². The summed E-state index contributed by atoms with van der Waals surface area (Å²) >= 11 is 0. The molecule has 2 aromatic rings. The van der Waals surface area contributed by atoms with Crippen molar-refractivity contribution in [2.75, 3.05) is 21.2 Å². The Hall–Kier alpha value is -1.91. The Bertz CT molecular complexity index is 530. The zero-order valence-electron chi connectivity index (χ0n) is 12.1. The number of aromatic nitrogens is 1. The Kier molecular flexibility index (Phi) is 9.01. The van der Waals surface area contributed by atoms with Gasteiger partial charge in [0.2, 0.25) is 0 Å². The summed E-state index contributed by atoms with van der Waals surface area (Å²) < 4.78 is 5.05. The van der Waals surface area contributed by atoms with E-state index >= 15 is 0 Å². The standard InChI is InChI=1S/C12H10NO.C3H7NO2.Ir/c1-14-11-7-5-10(6-8-11)12-4-2-3-9-13-12;1-4(2)3(5)6;/h2-5,7-9H,1H3;1-2H3,(H,5,6);/q-1;;/p+1. The van der Waals surface area contributed by atoms with E-state index < -0.39 is 6.09 Å². The average Bonchev–Trinajstić information content (AvgIpc) is 2.49. The first kappa shape index (κ1) is 19.1. The predicted octanol–water partition coefficient (Wildman–Crippen LogP) is 2.12. The molecule has 0 saturated carbocycles. The molecular weight excluding hydrogens is 448 g/mol. The average molecular weight is 467 g/mol. The maximum atomic E-state index is 8.03. The van der Waals surface area contributed by atoms with Crippen molar-refractivity contribution in [3.63, 3.8) is 0 Å². The molecule has 2 rings (SSSR count). The smallest absolute Gasteiger partial charge is 0.540 e. The summed E-state index contributed by atoms with van der Waals surface area (Å²) in [4.78, 5) is 13.5. The molecule has 1 radical (unpaired) electrons. The van der Waals surface area contributed by atoms with Crippen molar-refractivity contribution in [3.05, 3.63) is 48.7 Å². The van der Waals surface area contributed by atoms with Crippen LogP contribution in [0.15, 0.2) is 42.6 Å². The van der Waals surface area contributed by atoms with Gasteiger partial charge in [0.25, 0.3) is 0 Å². The quantitative estimate of drug-likeness (QED) is 0.545. The van der Waals surface area contributed by atoms with E-state index in [1.165, 1.54) is 19.0 Å². The van der Waals surface area contributed by atoms with Crippen LogP contribution in [0.3, 0.4) is 0 Å². The molecule has 0 bridgehead atoms. The molecule has 1 aromatic heterocycles. The normalized spacial score (nSPS) is 8.71. The molecule has 5 nitrogen and oxygen atoms in total. The van der Waals surface area contributed by atoms with E-state index in [0.29, 0.717) is 0 Å². The second kappa shape index (κ2) is 9.91. The molecule has 6 heteroatoms. The second-order valence-corrected chi connectivity index (χ2v) is 4.05. The molecular formula is C15H18IrN2O3. The fourth-order valence-corrected chi connectivity index (χ4v) is 1.22. The summed E-state index contributed by atoms with van der Waals surface area (Å²) in [5.74, 6) is 0.810. The zero-order chi connectivity index (χ0) is 15.0. The van der Waals surface area contributed by atoms with Crippen molar-refractivity contribution in [1.82, 2.24) is 9.88 Å². The van der Waals surface area contributed by atoms with E-state index in [2.05, 4.69) is 11.1 Å². The van der Waals surface area contributed by atoms with E-state index in [4.69, 9.17) is 14.6 Å². The number of nitrogens with zero attached hydrogens (tertiary/aromatic N) is 2. The summed E-state index contributed by atoms with van der Waals surface area (Å²) in [6.45, 7) is 0. The molecule has 1 heterocycles. The fourth-order valence-electron chi connectivity index (χ4n) is 1.22. The van der Waals surface area contributed by atoms with Crippen LogP contribution < -0.4 is 4.74 Å². The molecule has 0 aliphatic rings. The second-order valence-electron chi connectivity index (χ2n) is 4.05. The third kappa shape index (κ3) is 6.88. The number of amides is 1. The summed E-state index contributed by atoms with van der Waals surface area (Å²) in [6, 6.07) is 14.6. The summed E-state index contributed by atoms with van der Waals surface area (Å²) in [6.07, 6.45) is 1.11. The Morgan fingerprint density at radius 1 is 1.29 bits per heavy atom. The minimum Gasteiger partial charge on any atom is -0.540 e. The Balaban J connectivity index is 0.000000495. The first-order chi connectivity index (χ1) is 9.54. The van der Waals surface area contributed by atoms with Crippen molar-refractivity contribution >= 4 is 6.09 Å². The van der Waals surface area contributed by atoms with Crippen LogP contribution >= 0.6 is 0 Å². The van der Waals surface area contributed by atoms with Gasteiger partial charge >= 0.3 is 6.09 Å². The maximum Gasteiger partial charge on any atom is 0.601 e. The number of benzene rings is 1. The minimum absolute atomic E-state index is 0. The third-order valence-electron chi connectivity index (χ3n) is 2.36. The fraction of sp³-hybridized carbons (Fsp3) is 0.200. The molecule has 0 saturated heterocycles. The summed E-state index contributed by atoms with van der Waals surface area (Å²) in [5, 5.41) is 8.03. The molecule has 21 heavy (non-hydrogen) atoms. The van der Waals surface area contributed by atoms with Crippen LogP contribution in [0.2, 0.25) is 0 Å². The van der Waals surface area contributed by atoms with E-state index in [9.17, 15) is 0 Å². The number of rotatable bonds is 2. The maximum absolute atomic E-state index is 8.03. The Labute approximate surface area is 137 Å². The number of hydrogen-bond donors (Lipinski definition) is 1. The van der Waals surface area contributed by atoms with Gasteiger partial charge in [0, 0.05) is 46.1 Å². The number of carboxylic acid groups (broad SMARTS) is 1. The van der Waals surface area contributed by atoms with Gasteiger partial charge in [-0.15, -0.1) is 29.8 Å². The van der Waals surface area contributed by atoms with Gasteiger partial charge in [-0.05, 0) is 11.8 Å². The predicted molar refractivity (Wildman–Crippen MR) is 78.3 cm³/mol. The van der Waals surface area contributed by atoms with E-state index in [1.54, 1.807) is 13.3 Å². The molecule has 0 atom stereocenters. The van der Waals surface area contributed by atoms with Crippen LogP contribution in [0.1, 0.15) is 0 Å². The van der Waals surface area contributed by atoms with Crippen molar-refractivity contribution < 1.29 is 34.7 Å². The van der Waals surface area contributed by atoms with Gasteiger partial charge in [0.15, 0.2) is 0 Å². The van der Waals surface area contributed by atoms with Crippen LogP contribution in [0.5, 0.6) is 5.75 Å². The van der Waals surface area contributed by atoms with Crippen LogP contribution in [-0.2, 0) is 20.1 Å². The molecule has 0 aliphatic carbocycles. The van der Waals surface area contributed by atoms with Gasteiger partial charge < -0.3 is 19.6 Å². The molecule has 2 N–H and O–H groups in total. The topological polar surface area (TPSA) is 67.0 Å². The molecule has 1 amide bonds. The molecule has 0 aliphatic heterocycles. The number of pyridine rings is 1. The van der Waals surface area contributed by atoms with Crippen molar-refractivity contribution in [2.24, 2.45) is 0 Å². The Morgan fingerprint density at radius 2 is 1.95 bits per heavy atom. The SMILES string of the molecule is CN(C)C(O)=[OH+].COc1c[c-]c(-c2ccccn2)cc1.[Ir]. The first-order valence-electron chi connectivity index (χ1n) is 5.94. The van der Waals surface area contributed by atoms with E-state index in [1.807, 2.05) is 36.4 Å². The van der Waals surface area contributed by atoms with Crippen LogP contribution in [0.25, 0.3) is 11.3 Å². The van der Waals surface area contributed by atoms with Gasteiger partial charge in [0.1, 0.15) is 0 Å². The summed E-state index contributed by atoms with van der Waals surface area (Å²) in [7, 11) is 4.72. The number of hydrogen-bond acceptors (Lipinski definition) is 2. The van der Waals surface area contributed by atoms with Crippen LogP contribution in [-0.4, -0.2) is 47.1 Å². The van der Waals surface area contributed by atoms with E-state index in [-0.39, 0.29) is 20.1 Å². The zero-order valence-corrected chi connectivity index (χ0v) is 14.5. The van der Waals surface area contributed by atoms with Crippen molar-refractivity contribution in [1.29, 1.82) is 0 Å². The number of methoxy groups -OCH3 is 1. The first-order valence-corrected chi connectivity index (χ1v) is 5.94. The van der Waals surface area contributed by atoms with Gasteiger partial charge in [-0.3, -0.25) is 4.90 Å². The van der Waals surface area contributed by atoms with Gasteiger partial charge in [-0.25, -0.2) is 0 Å². The number of ether oxygens (including phenoxy) is 1. The third-order valence-corrected chi connectivity index (χ3v) is 2.36. The van der Waals surface area contributed by atoms with Crippen molar-refractivity contribution in [2.45, 2.75) is 0 Å². The summed E-state index contributed by atoms with van der Waals surface area (Å²) in [5.41, 5.74) is 1.90. The van der Waals surface area contributed by atoms with Crippen LogP contribution in [0, 0.1) is 6.07 Å². The molecule has 0 spiro atoms. The minimum atomic E-state index is -0.657. The Morgan fingerprint density at radius 3 is 2.33 bits per heavy atom. The number of aliphatic hydroxyl groups excluding tert-OH is 1. The molecule has 115 valence electrons. The van der Waals surface area contributed by atoms with Gasteiger partial charge in [-0.1, -0.05) is 12.1 Å². The van der Waals surface area contributed by atoms with Gasteiger partial charge in [-0.2, -0.15) is 0 Å². The van der Waals surface area contributed by atoms with E-state index in [0.717, 1.165) is 17.0 Å². The van der Waals surface area contributed by atoms with Crippen LogP contribution in [0.4, 0.5) is 0 Å². The monoisotopic (exact) mass is 467 g/mol. The van der Waals surface area contributed by atoms with Gasteiger partial charge in [0.05, 0.1) is 7.11 Å².